The molecule has 0 amide bonds. The van der Waals surface area contributed by atoms with E-state index in [-0.39, 0.29) is 0 Å². The average Bonchev–Trinajstić information content (AvgIpc) is 2.26. The molecule has 0 fully saturated rings. The molecule has 6 nitrogen and oxygen atoms in total. The highest BCUT2D eigenvalue weighted by Gasteiger charge is 2.05. The number of nitrogens with one attached hydrogen (secondary N) is 2. The van der Waals surface area contributed by atoms with E-state index in [1.807, 2.05) is 43.4 Å². The topological polar surface area (TPSA) is 67.2 Å². The zero-order valence-electron chi connectivity index (χ0n) is 10.9. The van der Waals surface area contributed by atoms with Crippen molar-refractivity contribution in [2.24, 2.45) is 14.1 Å². The van der Waals surface area contributed by atoms with Crippen molar-refractivity contribution in [3.8, 4) is 0 Å². The molecule has 3 rings (SSSR count). The van der Waals surface area contributed by atoms with Crippen LogP contribution in [-0.2, 0) is 14.1 Å². The van der Waals surface area contributed by atoms with Crippen molar-refractivity contribution in [2.45, 2.75) is 13.8 Å². The summed E-state index contributed by atoms with van der Waals surface area (Å²) in [4.78, 5) is 9.02. The molecule has 1 aromatic carbocycles. The van der Waals surface area contributed by atoms with Crippen molar-refractivity contribution >= 4 is 22.1 Å². The Morgan fingerprint density at radius 3 is 1.72 bits per heavy atom. The average molecular weight is 244 g/mol. The monoisotopic (exact) mass is 244 g/mol. The maximum atomic E-state index is 4.51. The third kappa shape index (κ3) is 1.57. The zero-order chi connectivity index (χ0) is 12.9. The van der Waals surface area contributed by atoms with E-state index in [1.54, 1.807) is 0 Å². The van der Waals surface area contributed by atoms with Gasteiger partial charge in [-0.1, -0.05) is 0 Å². The van der Waals surface area contributed by atoms with Crippen LogP contribution in [0.3, 0.4) is 0 Å². The minimum atomic E-state index is 0.882. The quantitative estimate of drug-likeness (QED) is 0.593. The zero-order valence-corrected chi connectivity index (χ0v) is 10.9. The SMILES string of the molecule is Cc1nc2cc3nc(C)[nH]n(C)c3cc2n(C)[nH]1. The van der Waals surface area contributed by atoms with Gasteiger partial charge in [0.1, 0.15) is 11.6 Å². The number of rotatable bonds is 0. The minimum absolute atomic E-state index is 0.882. The van der Waals surface area contributed by atoms with E-state index in [0.717, 1.165) is 33.7 Å². The normalized spacial score (nSPS) is 11.3. The maximum Gasteiger partial charge on any atom is 0.118 e. The fourth-order valence-electron chi connectivity index (χ4n) is 2.29. The van der Waals surface area contributed by atoms with Crippen molar-refractivity contribution < 1.29 is 0 Å². The number of aromatic amines is 2. The van der Waals surface area contributed by atoms with Crippen LogP contribution in [-0.4, -0.2) is 29.5 Å². The van der Waals surface area contributed by atoms with Gasteiger partial charge in [0, 0.05) is 14.1 Å². The van der Waals surface area contributed by atoms with Crippen LogP contribution in [0.5, 0.6) is 0 Å². The van der Waals surface area contributed by atoms with E-state index in [9.17, 15) is 0 Å². The molecule has 0 spiro atoms. The molecule has 0 aliphatic carbocycles. The first-order chi connectivity index (χ1) is 8.54. The van der Waals surface area contributed by atoms with Crippen LogP contribution >= 0.6 is 0 Å². The van der Waals surface area contributed by atoms with Crippen molar-refractivity contribution in [1.82, 2.24) is 29.5 Å². The van der Waals surface area contributed by atoms with Gasteiger partial charge in [-0.25, -0.2) is 9.97 Å². The minimum Gasteiger partial charge on any atom is -0.288 e. The van der Waals surface area contributed by atoms with E-state index in [1.165, 1.54) is 0 Å². The molecule has 0 aliphatic rings. The Bertz CT molecular complexity index is 717. The molecule has 0 atom stereocenters. The molecule has 0 bridgehead atoms. The number of aromatic nitrogens is 6. The summed E-state index contributed by atoms with van der Waals surface area (Å²) in [6, 6.07) is 4.10. The lowest BCUT2D eigenvalue weighted by molar-refractivity contribution is 0.728. The number of H-pyrrole nitrogens is 2. The molecule has 0 saturated carbocycles. The summed E-state index contributed by atoms with van der Waals surface area (Å²) in [6.45, 7) is 3.89. The van der Waals surface area contributed by atoms with Crippen molar-refractivity contribution in [2.75, 3.05) is 0 Å². The molecule has 6 heteroatoms. The molecular formula is C12H16N6. The lowest BCUT2D eigenvalue weighted by Crippen LogP contribution is -2.07. The van der Waals surface area contributed by atoms with Crippen LogP contribution in [0, 0.1) is 13.8 Å². The van der Waals surface area contributed by atoms with Crippen molar-refractivity contribution in [3.05, 3.63) is 23.8 Å². The second-order valence-electron chi connectivity index (χ2n) is 4.57. The van der Waals surface area contributed by atoms with Crippen molar-refractivity contribution in [3.63, 3.8) is 0 Å². The Hall–Kier alpha value is -2.24. The predicted molar refractivity (Wildman–Crippen MR) is 70.8 cm³/mol. The number of aryl methyl sites for hydroxylation is 4. The molecule has 0 radical (unpaired) electrons. The van der Waals surface area contributed by atoms with Gasteiger partial charge >= 0.3 is 0 Å². The summed E-state index contributed by atoms with van der Waals surface area (Å²) >= 11 is 0. The summed E-state index contributed by atoms with van der Waals surface area (Å²) < 4.78 is 3.94. The summed E-state index contributed by atoms with van der Waals surface area (Å²) in [5.41, 5.74) is 3.98. The molecule has 3 aromatic rings. The Balaban J connectivity index is 2.51. The smallest absolute Gasteiger partial charge is 0.118 e. The lowest BCUT2D eigenvalue weighted by atomic mass is 10.2. The van der Waals surface area contributed by atoms with Crippen LogP contribution in [0.25, 0.3) is 22.1 Å². The summed E-state index contributed by atoms with van der Waals surface area (Å²) in [7, 11) is 3.96. The number of hydrogen-bond acceptors (Lipinski definition) is 2. The first kappa shape index (κ1) is 10.9. The highest BCUT2D eigenvalue weighted by molar-refractivity contribution is 5.90. The summed E-state index contributed by atoms with van der Waals surface area (Å²) in [5, 5.41) is 6.35. The number of hydrogen-bond donors (Lipinski definition) is 2. The van der Waals surface area contributed by atoms with Crippen molar-refractivity contribution in [1.29, 1.82) is 0 Å². The summed E-state index contributed by atoms with van der Waals surface area (Å²) in [6.07, 6.45) is 0. The van der Waals surface area contributed by atoms with Gasteiger partial charge in [0.05, 0.1) is 22.1 Å². The van der Waals surface area contributed by atoms with E-state index < -0.39 is 0 Å². The van der Waals surface area contributed by atoms with Gasteiger partial charge in [0.15, 0.2) is 0 Å². The third-order valence-corrected chi connectivity index (χ3v) is 3.03. The molecule has 0 aliphatic heterocycles. The fourth-order valence-corrected chi connectivity index (χ4v) is 2.29. The highest BCUT2D eigenvalue weighted by atomic mass is 15.3. The van der Waals surface area contributed by atoms with Crippen LogP contribution < -0.4 is 0 Å². The highest BCUT2D eigenvalue weighted by Crippen LogP contribution is 2.18. The van der Waals surface area contributed by atoms with E-state index >= 15 is 0 Å². The van der Waals surface area contributed by atoms with Gasteiger partial charge in [0.2, 0.25) is 0 Å². The lowest BCUT2D eigenvalue weighted by Gasteiger charge is -2.11. The second kappa shape index (κ2) is 3.63. The molecule has 0 unspecified atom stereocenters. The van der Waals surface area contributed by atoms with E-state index in [0.29, 0.717) is 0 Å². The second-order valence-corrected chi connectivity index (χ2v) is 4.57. The first-order valence-electron chi connectivity index (χ1n) is 5.84. The van der Waals surface area contributed by atoms with Gasteiger partial charge in [-0.2, -0.15) is 0 Å². The predicted octanol–water partition coefficient (Wildman–Crippen LogP) is 1.86. The standard InChI is InChI=1S/C12H16N6/c1-7-13-9-5-10-12(6-11(9)17(3)15-7)18(4)16-8(2)14-10/h5-6H,1-4H3,(H,13,15)(H,14,16). The van der Waals surface area contributed by atoms with Gasteiger partial charge in [0.25, 0.3) is 0 Å². The molecule has 18 heavy (non-hydrogen) atoms. The molecule has 2 N–H and O–H groups in total. The third-order valence-electron chi connectivity index (χ3n) is 3.03. The first-order valence-corrected chi connectivity index (χ1v) is 5.84. The van der Waals surface area contributed by atoms with Gasteiger partial charge in [-0.05, 0) is 26.0 Å². The van der Waals surface area contributed by atoms with Gasteiger partial charge in [-0.15, -0.1) is 0 Å². The molecule has 2 heterocycles. The largest absolute Gasteiger partial charge is 0.288 e. The van der Waals surface area contributed by atoms with E-state index in [2.05, 4.69) is 26.2 Å². The van der Waals surface area contributed by atoms with Gasteiger partial charge < -0.3 is 0 Å². The van der Waals surface area contributed by atoms with Gasteiger partial charge in [-0.3, -0.25) is 19.6 Å². The maximum absolute atomic E-state index is 4.51. The Kier molecular flexibility index (Phi) is 2.19. The summed E-state index contributed by atoms with van der Waals surface area (Å²) in [5.74, 6) is 1.76. The number of fused-ring (bicyclic) bond motifs is 2. The Labute approximate surface area is 104 Å². The number of nitrogens with zero attached hydrogens (tertiary/aromatic N) is 4. The van der Waals surface area contributed by atoms with Crippen LogP contribution in [0.15, 0.2) is 12.1 Å². The number of benzene rings is 1. The molecule has 2 aromatic heterocycles. The van der Waals surface area contributed by atoms with Crippen LogP contribution in [0.1, 0.15) is 11.6 Å². The Morgan fingerprint density at radius 2 is 1.28 bits per heavy atom. The Morgan fingerprint density at radius 1 is 0.833 bits per heavy atom. The van der Waals surface area contributed by atoms with E-state index in [4.69, 9.17) is 0 Å². The fraction of sp³-hybridized carbons (Fsp3) is 0.333. The molecular weight excluding hydrogens is 228 g/mol. The molecule has 0 saturated heterocycles. The van der Waals surface area contributed by atoms with Crippen LogP contribution in [0.2, 0.25) is 0 Å². The molecule has 94 valence electrons. The van der Waals surface area contributed by atoms with Crippen LogP contribution in [0.4, 0.5) is 0 Å².